The van der Waals surface area contributed by atoms with Crippen LogP contribution in [0.3, 0.4) is 0 Å². The van der Waals surface area contributed by atoms with E-state index in [1.807, 2.05) is 7.05 Å². The second kappa shape index (κ2) is 6.48. The number of nitrogens with one attached hydrogen (secondary N) is 1. The molecule has 3 rings (SSSR count). The van der Waals surface area contributed by atoms with Gasteiger partial charge in [0.1, 0.15) is 0 Å². The molecule has 3 fully saturated rings. The summed E-state index contributed by atoms with van der Waals surface area (Å²) in [6, 6.07) is 0.871. The van der Waals surface area contributed by atoms with Gasteiger partial charge in [0.2, 0.25) is 0 Å². The zero-order valence-corrected chi connectivity index (χ0v) is 13.3. The summed E-state index contributed by atoms with van der Waals surface area (Å²) in [5.74, 6) is -0.355. The number of nitrogens with zero attached hydrogens (tertiary/aromatic N) is 1. The molecule has 4 atom stereocenters. The van der Waals surface area contributed by atoms with Crippen molar-refractivity contribution < 1.29 is 18.9 Å². The molecule has 0 aromatic carbocycles. The van der Waals surface area contributed by atoms with Crippen LogP contribution >= 0.6 is 0 Å². The molecule has 1 N–H and O–H groups in total. The molecule has 0 aromatic heterocycles. The summed E-state index contributed by atoms with van der Waals surface area (Å²) < 4.78 is 23.0. The largest absolute Gasteiger partial charge is 0.377 e. The Morgan fingerprint density at radius 2 is 1.71 bits per heavy atom. The van der Waals surface area contributed by atoms with E-state index in [-0.39, 0.29) is 18.0 Å². The van der Waals surface area contributed by atoms with E-state index in [1.165, 1.54) is 0 Å². The van der Waals surface area contributed by atoms with Gasteiger partial charge >= 0.3 is 0 Å². The van der Waals surface area contributed by atoms with Crippen molar-refractivity contribution in [1.29, 1.82) is 0 Å². The lowest BCUT2D eigenvalue weighted by Gasteiger charge is -2.44. The summed E-state index contributed by atoms with van der Waals surface area (Å²) in [6.07, 6.45) is 3.27. The van der Waals surface area contributed by atoms with Crippen LogP contribution in [0.4, 0.5) is 0 Å². The zero-order chi connectivity index (χ0) is 14.9. The van der Waals surface area contributed by atoms with Crippen molar-refractivity contribution in [1.82, 2.24) is 10.2 Å². The highest BCUT2D eigenvalue weighted by atomic mass is 16.7. The van der Waals surface area contributed by atoms with E-state index in [0.717, 1.165) is 45.6 Å². The molecule has 1 spiro atoms. The van der Waals surface area contributed by atoms with E-state index in [0.29, 0.717) is 12.1 Å². The van der Waals surface area contributed by atoms with E-state index in [2.05, 4.69) is 10.2 Å². The Bertz CT molecular complexity index is 337. The minimum Gasteiger partial charge on any atom is -0.377 e. The molecule has 122 valence electrons. The average molecular weight is 300 g/mol. The Morgan fingerprint density at radius 1 is 1.10 bits per heavy atom. The fraction of sp³-hybridized carbons (Fsp3) is 1.00. The van der Waals surface area contributed by atoms with E-state index in [1.54, 1.807) is 14.2 Å². The molecule has 1 saturated carbocycles. The number of hydrogen-bond donors (Lipinski definition) is 1. The Kier molecular flexibility index (Phi) is 4.83. The van der Waals surface area contributed by atoms with Gasteiger partial charge in [-0.3, -0.25) is 4.90 Å². The van der Waals surface area contributed by atoms with Crippen LogP contribution in [0, 0.1) is 0 Å². The summed E-state index contributed by atoms with van der Waals surface area (Å²) in [5, 5.41) is 3.47. The van der Waals surface area contributed by atoms with E-state index in [4.69, 9.17) is 18.9 Å². The number of ether oxygens (including phenoxy) is 4. The van der Waals surface area contributed by atoms with Gasteiger partial charge in [-0.25, -0.2) is 0 Å². The topological polar surface area (TPSA) is 52.2 Å². The smallest absolute Gasteiger partial charge is 0.170 e. The molecule has 4 unspecified atom stereocenters. The molecule has 0 amide bonds. The van der Waals surface area contributed by atoms with Crippen LogP contribution in [0.15, 0.2) is 0 Å². The van der Waals surface area contributed by atoms with Crippen LogP contribution in [-0.4, -0.2) is 82.5 Å². The predicted molar refractivity (Wildman–Crippen MR) is 78.3 cm³/mol. The monoisotopic (exact) mass is 300 g/mol. The normalized spacial score (nSPS) is 40.1. The lowest BCUT2D eigenvalue weighted by atomic mass is 9.84. The maximum atomic E-state index is 5.93. The second-order valence-electron chi connectivity index (χ2n) is 6.32. The third kappa shape index (κ3) is 2.98. The van der Waals surface area contributed by atoms with Crippen molar-refractivity contribution in [3.63, 3.8) is 0 Å². The number of methoxy groups -OCH3 is 2. The molecule has 21 heavy (non-hydrogen) atoms. The van der Waals surface area contributed by atoms with Crippen LogP contribution in [0.1, 0.15) is 19.3 Å². The molecule has 6 heteroatoms. The van der Waals surface area contributed by atoms with Gasteiger partial charge < -0.3 is 24.3 Å². The molecular formula is C15H28N2O4. The first-order valence-corrected chi connectivity index (χ1v) is 7.96. The molecule has 0 bridgehead atoms. The fourth-order valence-electron chi connectivity index (χ4n) is 4.11. The van der Waals surface area contributed by atoms with Crippen LogP contribution in [-0.2, 0) is 18.9 Å². The van der Waals surface area contributed by atoms with Gasteiger partial charge in [0.05, 0.1) is 25.4 Å². The summed E-state index contributed by atoms with van der Waals surface area (Å²) in [6.45, 7) is 3.26. The first-order valence-electron chi connectivity index (χ1n) is 7.96. The summed E-state index contributed by atoms with van der Waals surface area (Å²) >= 11 is 0. The van der Waals surface area contributed by atoms with Gasteiger partial charge in [-0.1, -0.05) is 0 Å². The summed E-state index contributed by atoms with van der Waals surface area (Å²) in [7, 11) is 5.58. The van der Waals surface area contributed by atoms with E-state index >= 15 is 0 Å². The summed E-state index contributed by atoms with van der Waals surface area (Å²) in [5.41, 5.74) is 0. The highest BCUT2D eigenvalue weighted by Gasteiger charge is 2.48. The van der Waals surface area contributed by atoms with Crippen molar-refractivity contribution in [2.75, 3.05) is 47.6 Å². The molecule has 6 nitrogen and oxygen atoms in total. The molecule has 3 aliphatic rings. The van der Waals surface area contributed by atoms with Crippen LogP contribution in [0.5, 0.6) is 0 Å². The first kappa shape index (κ1) is 15.6. The average Bonchev–Trinajstić information content (AvgIpc) is 3.14. The number of hydrogen-bond acceptors (Lipinski definition) is 6. The lowest BCUT2D eigenvalue weighted by molar-refractivity contribution is -0.192. The van der Waals surface area contributed by atoms with E-state index in [9.17, 15) is 0 Å². The van der Waals surface area contributed by atoms with Crippen molar-refractivity contribution in [3.8, 4) is 0 Å². The minimum absolute atomic E-state index is 0.149. The first-order chi connectivity index (χ1) is 10.2. The molecule has 2 saturated heterocycles. The highest BCUT2D eigenvalue weighted by molar-refractivity contribution is 5.00. The van der Waals surface area contributed by atoms with Gasteiger partial charge in [-0.2, -0.15) is 0 Å². The molecule has 2 heterocycles. The predicted octanol–water partition coefficient (Wildman–Crippen LogP) is 0.216. The maximum absolute atomic E-state index is 5.93. The van der Waals surface area contributed by atoms with Crippen LogP contribution in [0.25, 0.3) is 0 Å². The zero-order valence-electron chi connectivity index (χ0n) is 13.3. The lowest BCUT2D eigenvalue weighted by Crippen LogP contribution is -2.56. The molecule has 0 aromatic rings. The summed E-state index contributed by atoms with van der Waals surface area (Å²) in [4.78, 5) is 2.48. The third-order valence-electron chi connectivity index (χ3n) is 5.32. The Balaban J connectivity index is 1.71. The number of likely N-dealkylation sites (N-methyl/N-ethyl adjacent to an activating group) is 1. The van der Waals surface area contributed by atoms with Gasteiger partial charge in [0, 0.05) is 52.2 Å². The molecule has 0 radical (unpaired) electrons. The molecule has 2 aliphatic heterocycles. The SMILES string of the molecule is CNC1CCC2(CC1N1CC(OC)C(OC)C1)OCCO2. The third-order valence-corrected chi connectivity index (χ3v) is 5.32. The number of likely N-dealkylation sites (tertiary alicyclic amines) is 1. The van der Waals surface area contributed by atoms with Crippen molar-refractivity contribution in [2.45, 2.75) is 49.3 Å². The van der Waals surface area contributed by atoms with Crippen LogP contribution in [0.2, 0.25) is 0 Å². The van der Waals surface area contributed by atoms with E-state index < -0.39 is 0 Å². The Morgan fingerprint density at radius 3 is 2.24 bits per heavy atom. The van der Waals surface area contributed by atoms with Gasteiger partial charge in [0.15, 0.2) is 5.79 Å². The quantitative estimate of drug-likeness (QED) is 0.801. The standard InChI is InChI=1S/C15H28N2O4/c1-16-11-4-5-15(20-6-7-21-15)8-12(11)17-9-13(18-2)14(10-17)19-3/h11-14,16H,4-10H2,1-3H3. The Hall–Kier alpha value is -0.240. The van der Waals surface area contributed by atoms with Crippen molar-refractivity contribution in [3.05, 3.63) is 0 Å². The second-order valence-corrected chi connectivity index (χ2v) is 6.32. The van der Waals surface area contributed by atoms with Crippen molar-refractivity contribution >= 4 is 0 Å². The van der Waals surface area contributed by atoms with Crippen molar-refractivity contribution in [2.24, 2.45) is 0 Å². The molecule has 1 aliphatic carbocycles. The highest BCUT2D eigenvalue weighted by Crippen LogP contribution is 2.39. The van der Waals surface area contributed by atoms with Gasteiger partial charge in [-0.15, -0.1) is 0 Å². The number of rotatable bonds is 4. The van der Waals surface area contributed by atoms with Gasteiger partial charge in [0.25, 0.3) is 0 Å². The minimum atomic E-state index is -0.355. The Labute approximate surface area is 127 Å². The maximum Gasteiger partial charge on any atom is 0.170 e. The molecular weight excluding hydrogens is 272 g/mol. The fourth-order valence-corrected chi connectivity index (χ4v) is 4.11. The van der Waals surface area contributed by atoms with Crippen LogP contribution < -0.4 is 5.32 Å². The van der Waals surface area contributed by atoms with Gasteiger partial charge in [-0.05, 0) is 13.5 Å².